The number of hydrogen-bond acceptors (Lipinski definition) is 1. The molecule has 0 unspecified atom stereocenters. The van der Waals surface area contributed by atoms with E-state index < -0.39 is 0 Å². The highest BCUT2D eigenvalue weighted by atomic mass is 14.8. The zero-order chi connectivity index (χ0) is 15.5. The third-order valence-electron chi connectivity index (χ3n) is 4.49. The standard InChI is InChI=1S/C20H21N3/c1-3-7-19-17(5-1)15(13-22-19)9-11-21-12-10-16-14-23-20-8-4-2-6-18(16)20/h1-8,13-14,21-23H,9-12H2. The average molecular weight is 303 g/mol. The van der Waals surface area contributed by atoms with Crippen LogP contribution >= 0.6 is 0 Å². The van der Waals surface area contributed by atoms with E-state index in [4.69, 9.17) is 0 Å². The van der Waals surface area contributed by atoms with Gasteiger partial charge in [0.15, 0.2) is 0 Å². The van der Waals surface area contributed by atoms with Gasteiger partial charge in [0.1, 0.15) is 0 Å². The van der Waals surface area contributed by atoms with Gasteiger partial charge >= 0.3 is 0 Å². The van der Waals surface area contributed by atoms with Crippen molar-refractivity contribution in [1.82, 2.24) is 15.3 Å². The SMILES string of the molecule is c1ccc2c(CCNCCc3c[nH]c4ccccc34)c[nH]c2c1. The first-order chi connectivity index (χ1) is 11.4. The number of aromatic nitrogens is 2. The molecule has 0 saturated heterocycles. The molecule has 116 valence electrons. The second-order valence-electron chi connectivity index (χ2n) is 5.97. The smallest absolute Gasteiger partial charge is 0.0456 e. The lowest BCUT2D eigenvalue weighted by Crippen LogP contribution is -2.20. The maximum atomic E-state index is 3.56. The van der Waals surface area contributed by atoms with Crippen molar-refractivity contribution in [3.05, 3.63) is 72.1 Å². The van der Waals surface area contributed by atoms with Crippen molar-refractivity contribution in [1.29, 1.82) is 0 Å². The summed E-state index contributed by atoms with van der Waals surface area (Å²) >= 11 is 0. The first-order valence-electron chi connectivity index (χ1n) is 8.22. The summed E-state index contributed by atoms with van der Waals surface area (Å²) in [7, 11) is 0. The van der Waals surface area contributed by atoms with Crippen LogP contribution in [-0.4, -0.2) is 23.1 Å². The Hall–Kier alpha value is -2.52. The van der Waals surface area contributed by atoms with Gasteiger partial charge in [-0.3, -0.25) is 0 Å². The zero-order valence-corrected chi connectivity index (χ0v) is 13.1. The molecule has 0 spiro atoms. The quantitative estimate of drug-likeness (QED) is 0.463. The average Bonchev–Trinajstić information content (AvgIpc) is 3.19. The van der Waals surface area contributed by atoms with Gasteiger partial charge in [-0.05, 0) is 49.2 Å². The summed E-state index contributed by atoms with van der Waals surface area (Å²) in [6.07, 6.45) is 6.37. The number of H-pyrrole nitrogens is 2. The zero-order valence-electron chi connectivity index (χ0n) is 13.1. The highest BCUT2D eigenvalue weighted by Gasteiger charge is 2.04. The van der Waals surface area contributed by atoms with Crippen LogP contribution in [0.4, 0.5) is 0 Å². The maximum absolute atomic E-state index is 3.56. The van der Waals surface area contributed by atoms with E-state index in [2.05, 4.69) is 76.2 Å². The van der Waals surface area contributed by atoms with E-state index in [1.165, 1.54) is 32.9 Å². The van der Waals surface area contributed by atoms with E-state index in [0.29, 0.717) is 0 Å². The molecule has 0 fully saturated rings. The first kappa shape index (κ1) is 14.1. The molecule has 0 saturated carbocycles. The topological polar surface area (TPSA) is 43.6 Å². The Bertz CT molecular complexity index is 841. The number of hydrogen-bond donors (Lipinski definition) is 3. The van der Waals surface area contributed by atoms with Crippen molar-refractivity contribution in [3.8, 4) is 0 Å². The van der Waals surface area contributed by atoms with E-state index >= 15 is 0 Å². The largest absolute Gasteiger partial charge is 0.361 e. The molecular weight excluding hydrogens is 282 g/mol. The minimum absolute atomic E-state index is 1.00. The molecule has 2 heterocycles. The molecule has 0 radical (unpaired) electrons. The van der Waals surface area contributed by atoms with Gasteiger partial charge in [-0.1, -0.05) is 36.4 Å². The summed E-state index contributed by atoms with van der Waals surface area (Å²) in [6.45, 7) is 2.01. The van der Waals surface area contributed by atoms with Crippen molar-refractivity contribution in [2.75, 3.05) is 13.1 Å². The molecule has 3 heteroatoms. The Morgan fingerprint density at radius 2 is 1.13 bits per heavy atom. The van der Waals surface area contributed by atoms with Crippen LogP contribution in [0, 0.1) is 0 Å². The van der Waals surface area contributed by atoms with Crippen LogP contribution in [-0.2, 0) is 12.8 Å². The van der Waals surface area contributed by atoms with E-state index in [-0.39, 0.29) is 0 Å². The number of rotatable bonds is 6. The summed E-state index contributed by atoms with van der Waals surface area (Å²) in [5.41, 5.74) is 5.22. The van der Waals surface area contributed by atoms with Crippen molar-refractivity contribution >= 4 is 21.8 Å². The van der Waals surface area contributed by atoms with Crippen LogP contribution in [0.5, 0.6) is 0 Å². The number of benzene rings is 2. The Morgan fingerprint density at radius 1 is 0.652 bits per heavy atom. The van der Waals surface area contributed by atoms with Gasteiger partial charge in [0, 0.05) is 34.2 Å². The molecule has 0 aliphatic rings. The highest BCUT2D eigenvalue weighted by Crippen LogP contribution is 2.18. The second-order valence-corrected chi connectivity index (χ2v) is 5.97. The van der Waals surface area contributed by atoms with Crippen molar-refractivity contribution in [3.63, 3.8) is 0 Å². The predicted octanol–water partition coefficient (Wildman–Crippen LogP) is 4.02. The fraction of sp³-hybridized carbons (Fsp3) is 0.200. The Kier molecular flexibility index (Phi) is 3.86. The van der Waals surface area contributed by atoms with Crippen LogP contribution < -0.4 is 5.32 Å². The third kappa shape index (κ3) is 2.88. The maximum Gasteiger partial charge on any atom is 0.0456 e. The fourth-order valence-electron chi connectivity index (χ4n) is 3.25. The van der Waals surface area contributed by atoms with Crippen LogP contribution in [0.3, 0.4) is 0 Å². The molecule has 0 aliphatic carbocycles. The van der Waals surface area contributed by atoms with Gasteiger partial charge in [-0.15, -0.1) is 0 Å². The molecular formula is C20H21N3. The summed E-state index contributed by atoms with van der Waals surface area (Å²) in [5.74, 6) is 0. The number of aromatic amines is 2. The lowest BCUT2D eigenvalue weighted by atomic mass is 10.1. The van der Waals surface area contributed by atoms with Crippen molar-refractivity contribution in [2.24, 2.45) is 0 Å². The van der Waals surface area contributed by atoms with Gasteiger partial charge in [-0.2, -0.15) is 0 Å². The number of nitrogens with one attached hydrogen (secondary N) is 3. The molecule has 4 aromatic rings. The fourth-order valence-corrected chi connectivity index (χ4v) is 3.25. The molecule has 4 rings (SSSR count). The van der Waals surface area contributed by atoms with E-state index in [1.807, 2.05) is 0 Å². The van der Waals surface area contributed by atoms with Crippen LogP contribution in [0.25, 0.3) is 21.8 Å². The van der Waals surface area contributed by atoms with Crippen molar-refractivity contribution < 1.29 is 0 Å². The number of fused-ring (bicyclic) bond motifs is 2. The Balaban J connectivity index is 1.31. The molecule has 3 nitrogen and oxygen atoms in total. The molecule has 0 atom stereocenters. The van der Waals surface area contributed by atoms with E-state index in [0.717, 1.165) is 25.9 Å². The molecule has 0 aliphatic heterocycles. The van der Waals surface area contributed by atoms with Gasteiger partial charge in [0.05, 0.1) is 0 Å². The number of para-hydroxylation sites is 2. The molecule has 0 amide bonds. The molecule has 2 aromatic carbocycles. The van der Waals surface area contributed by atoms with Crippen LogP contribution in [0.1, 0.15) is 11.1 Å². The Morgan fingerprint density at radius 3 is 1.65 bits per heavy atom. The predicted molar refractivity (Wildman–Crippen MR) is 96.9 cm³/mol. The third-order valence-corrected chi connectivity index (χ3v) is 4.49. The lowest BCUT2D eigenvalue weighted by Gasteiger charge is -2.04. The van der Waals surface area contributed by atoms with E-state index in [1.54, 1.807) is 0 Å². The van der Waals surface area contributed by atoms with Crippen molar-refractivity contribution in [2.45, 2.75) is 12.8 Å². The molecule has 0 bridgehead atoms. The van der Waals surface area contributed by atoms with Gasteiger partial charge < -0.3 is 15.3 Å². The lowest BCUT2D eigenvalue weighted by molar-refractivity contribution is 0.684. The minimum atomic E-state index is 1.00. The first-order valence-corrected chi connectivity index (χ1v) is 8.22. The molecule has 3 N–H and O–H groups in total. The molecule has 23 heavy (non-hydrogen) atoms. The monoisotopic (exact) mass is 303 g/mol. The summed E-state index contributed by atoms with van der Waals surface area (Å²) in [4.78, 5) is 6.68. The van der Waals surface area contributed by atoms with Gasteiger partial charge in [0.2, 0.25) is 0 Å². The summed E-state index contributed by atoms with van der Waals surface area (Å²) in [5, 5.41) is 6.24. The summed E-state index contributed by atoms with van der Waals surface area (Å²) in [6, 6.07) is 17.0. The van der Waals surface area contributed by atoms with E-state index in [9.17, 15) is 0 Å². The normalized spacial score (nSPS) is 11.5. The Labute approximate surface area is 135 Å². The van der Waals surface area contributed by atoms with Gasteiger partial charge in [0.25, 0.3) is 0 Å². The molecule has 2 aromatic heterocycles. The second kappa shape index (κ2) is 6.31. The minimum Gasteiger partial charge on any atom is -0.361 e. The van der Waals surface area contributed by atoms with Crippen LogP contribution in [0.2, 0.25) is 0 Å². The van der Waals surface area contributed by atoms with Crippen LogP contribution in [0.15, 0.2) is 60.9 Å². The summed E-state index contributed by atoms with van der Waals surface area (Å²) < 4.78 is 0. The highest BCUT2D eigenvalue weighted by molar-refractivity contribution is 5.83. The van der Waals surface area contributed by atoms with Gasteiger partial charge in [-0.25, -0.2) is 0 Å².